The zero-order valence-electron chi connectivity index (χ0n) is 14.7. The lowest BCUT2D eigenvalue weighted by Gasteiger charge is -2.06. The second-order valence-corrected chi connectivity index (χ2v) is 5.44. The highest BCUT2D eigenvalue weighted by molar-refractivity contribution is 5.95. The van der Waals surface area contributed by atoms with Crippen molar-refractivity contribution in [3.8, 4) is 5.75 Å². The van der Waals surface area contributed by atoms with Gasteiger partial charge >= 0.3 is 5.97 Å². The smallest absolute Gasteiger partial charge is 0.331 e. The average molecular weight is 343 g/mol. The molecule has 1 heterocycles. The molecule has 0 bridgehead atoms. The van der Waals surface area contributed by atoms with E-state index >= 15 is 0 Å². The molecule has 0 spiro atoms. The van der Waals surface area contributed by atoms with Gasteiger partial charge in [-0.15, -0.1) is 0 Å². The molecule has 7 heteroatoms. The zero-order chi connectivity index (χ0) is 18.4. The molecule has 2 aromatic rings. The van der Waals surface area contributed by atoms with E-state index in [9.17, 15) is 9.59 Å². The van der Waals surface area contributed by atoms with Crippen molar-refractivity contribution in [1.82, 2.24) is 9.78 Å². The highest BCUT2D eigenvalue weighted by Gasteiger charge is 2.13. The molecule has 0 fully saturated rings. The van der Waals surface area contributed by atoms with E-state index in [1.165, 1.54) is 6.08 Å². The molecular formula is C18H21N3O4. The van der Waals surface area contributed by atoms with Crippen LogP contribution in [0.3, 0.4) is 0 Å². The van der Waals surface area contributed by atoms with Crippen LogP contribution in [-0.4, -0.2) is 35.4 Å². The molecule has 0 aliphatic carbocycles. The first-order valence-corrected chi connectivity index (χ1v) is 7.69. The predicted molar refractivity (Wildman–Crippen MR) is 94.3 cm³/mol. The van der Waals surface area contributed by atoms with Crippen LogP contribution in [0.1, 0.15) is 17.0 Å². The van der Waals surface area contributed by atoms with Crippen molar-refractivity contribution in [2.24, 2.45) is 7.05 Å². The number of carbonyl (C=O) groups excluding carboxylic acids is 2. The minimum Gasteiger partial charge on any atom is -0.497 e. The Kier molecular flexibility index (Phi) is 5.94. The number of nitrogens with one attached hydrogen (secondary N) is 1. The van der Waals surface area contributed by atoms with Gasteiger partial charge in [0.15, 0.2) is 6.61 Å². The number of rotatable bonds is 6. The molecule has 2 rings (SSSR count). The standard InChI is InChI=1S/C18H21N3O4/c1-12-18(13(2)21(3)20-12)19-16(22)11-25-17(23)9-8-14-6-5-7-15(10-14)24-4/h5-10H,11H2,1-4H3,(H,19,22)/b9-8+. The number of hydrogen-bond donors (Lipinski definition) is 1. The van der Waals surface area contributed by atoms with Crippen LogP contribution < -0.4 is 10.1 Å². The number of aryl methyl sites for hydroxylation is 2. The van der Waals surface area contributed by atoms with Crippen molar-refractivity contribution in [3.05, 3.63) is 47.3 Å². The molecule has 1 amide bonds. The number of anilines is 1. The summed E-state index contributed by atoms with van der Waals surface area (Å²) in [5, 5.41) is 6.91. The third-order valence-electron chi connectivity index (χ3n) is 3.62. The van der Waals surface area contributed by atoms with Gasteiger partial charge in [-0.1, -0.05) is 12.1 Å². The van der Waals surface area contributed by atoms with Crippen molar-refractivity contribution in [2.75, 3.05) is 19.0 Å². The van der Waals surface area contributed by atoms with Gasteiger partial charge in [0, 0.05) is 13.1 Å². The summed E-state index contributed by atoms with van der Waals surface area (Å²) in [4.78, 5) is 23.7. The Balaban J connectivity index is 1.86. The Labute approximate surface area is 146 Å². The van der Waals surface area contributed by atoms with Crippen molar-refractivity contribution in [2.45, 2.75) is 13.8 Å². The molecule has 1 N–H and O–H groups in total. The Morgan fingerprint density at radius 2 is 2.08 bits per heavy atom. The number of methoxy groups -OCH3 is 1. The fourth-order valence-corrected chi connectivity index (χ4v) is 2.22. The van der Waals surface area contributed by atoms with Crippen LogP contribution >= 0.6 is 0 Å². The number of carbonyl (C=O) groups is 2. The topological polar surface area (TPSA) is 82.4 Å². The van der Waals surface area contributed by atoms with Gasteiger partial charge in [-0.05, 0) is 37.6 Å². The SMILES string of the molecule is COc1cccc(/C=C/C(=O)OCC(=O)Nc2c(C)nn(C)c2C)c1. The van der Waals surface area contributed by atoms with Crippen LogP contribution in [0, 0.1) is 13.8 Å². The molecule has 0 unspecified atom stereocenters. The maximum absolute atomic E-state index is 11.9. The van der Waals surface area contributed by atoms with Crippen LogP contribution in [0.25, 0.3) is 6.08 Å². The summed E-state index contributed by atoms with van der Waals surface area (Å²) in [6, 6.07) is 7.23. The highest BCUT2D eigenvalue weighted by atomic mass is 16.5. The molecule has 0 saturated heterocycles. The van der Waals surface area contributed by atoms with E-state index in [2.05, 4.69) is 10.4 Å². The Morgan fingerprint density at radius 3 is 2.72 bits per heavy atom. The number of amides is 1. The third kappa shape index (κ3) is 4.94. The van der Waals surface area contributed by atoms with Crippen LogP contribution in [0.15, 0.2) is 30.3 Å². The van der Waals surface area contributed by atoms with E-state index in [4.69, 9.17) is 9.47 Å². The molecule has 132 valence electrons. The molecule has 0 aliphatic heterocycles. The quantitative estimate of drug-likeness (QED) is 0.642. The van der Waals surface area contributed by atoms with Gasteiger partial charge in [0.1, 0.15) is 5.75 Å². The van der Waals surface area contributed by atoms with Crippen LogP contribution in [0.4, 0.5) is 5.69 Å². The fourth-order valence-electron chi connectivity index (χ4n) is 2.22. The molecule has 1 aromatic heterocycles. The lowest BCUT2D eigenvalue weighted by atomic mass is 10.2. The van der Waals surface area contributed by atoms with Crippen molar-refractivity contribution in [1.29, 1.82) is 0 Å². The lowest BCUT2D eigenvalue weighted by molar-refractivity contribution is -0.142. The van der Waals surface area contributed by atoms with Crippen LogP contribution in [0.2, 0.25) is 0 Å². The minimum absolute atomic E-state index is 0.366. The molecular weight excluding hydrogens is 322 g/mol. The van der Waals surface area contributed by atoms with E-state index in [1.807, 2.05) is 25.1 Å². The Bertz CT molecular complexity index is 809. The van der Waals surface area contributed by atoms with Gasteiger partial charge in [0.05, 0.1) is 24.2 Å². The summed E-state index contributed by atoms with van der Waals surface area (Å²) in [5.74, 6) is -0.322. The molecule has 0 saturated carbocycles. The highest BCUT2D eigenvalue weighted by Crippen LogP contribution is 2.18. The summed E-state index contributed by atoms with van der Waals surface area (Å²) in [7, 11) is 3.36. The zero-order valence-corrected chi connectivity index (χ0v) is 14.7. The summed E-state index contributed by atoms with van der Waals surface area (Å²) < 4.78 is 11.7. The summed E-state index contributed by atoms with van der Waals surface area (Å²) >= 11 is 0. The molecule has 0 atom stereocenters. The van der Waals surface area contributed by atoms with E-state index in [1.54, 1.807) is 37.9 Å². The second kappa shape index (κ2) is 8.14. The molecule has 0 aliphatic rings. The number of hydrogen-bond acceptors (Lipinski definition) is 5. The summed E-state index contributed by atoms with van der Waals surface area (Å²) in [5.41, 5.74) is 2.96. The number of ether oxygens (including phenoxy) is 2. The van der Waals surface area contributed by atoms with Gasteiger partial charge in [-0.25, -0.2) is 4.79 Å². The Hall–Kier alpha value is -3.09. The Morgan fingerprint density at radius 1 is 1.32 bits per heavy atom. The molecule has 7 nitrogen and oxygen atoms in total. The van der Waals surface area contributed by atoms with E-state index in [0.29, 0.717) is 17.1 Å². The lowest BCUT2D eigenvalue weighted by Crippen LogP contribution is -2.20. The van der Waals surface area contributed by atoms with Gasteiger partial charge in [-0.3, -0.25) is 9.48 Å². The first kappa shape index (κ1) is 18.3. The maximum atomic E-state index is 11.9. The predicted octanol–water partition coefficient (Wildman–Crippen LogP) is 2.24. The number of benzene rings is 1. The molecule has 25 heavy (non-hydrogen) atoms. The summed E-state index contributed by atoms with van der Waals surface area (Å²) in [6.45, 7) is 3.28. The minimum atomic E-state index is -0.599. The summed E-state index contributed by atoms with van der Waals surface area (Å²) in [6.07, 6.45) is 2.86. The largest absolute Gasteiger partial charge is 0.497 e. The molecule has 0 radical (unpaired) electrons. The normalized spacial score (nSPS) is 10.7. The number of esters is 1. The van der Waals surface area contributed by atoms with E-state index in [0.717, 1.165) is 11.3 Å². The van der Waals surface area contributed by atoms with E-state index in [-0.39, 0.29) is 6.61 Å². The van der Waals surface area contributed by atoms with Crippen molar-refractivity contribution in [3.63, 3.8) is 0 Å². The van der Waals surface area contributed by atoms with Crippen LogP contribution in [0.5, 0.6) is 5.75 Å². The van der Waals surface area contributed by atoms with Crippen molar-refractivity contribution < 1.29 is 19.1 Å². The average Bonchev–Trinajstić information content (AvgIpc) is 2.84. The monoisotopic (exact) mass is 343 g/mol. The fraction of sp³-hybridized carbons (Fsp3) is 0.278. The van der Waals surface area contributed by atoms with Gasteiger partial charge in [0.2, 0.25) is 0 Å². The number of aromatic nitrogens is 2. The van der Waals surface area contributed by atoms with Crippen LogP contribution in [-0.2, 0) is 21.4 Å². The number of nitrogens with zero attached hydrogens (tertiary/aromatic N) is 2. The van der Waals surface area contributed by atoms with Crippen molar-refractivity contribution >= 4 is 23.6 Å². The molecule has 1 aromatic carbocycles. The maximum Gasteiger partial charge on any atom is 0.331 e. The van der Waals surface area contributed by atoms with E-state index < -0.39 is 11.9 Å². The first-order chi connectivity index (χ1) is 11.9. The first-order valence-electron chi connectivity index (χ1n) is 7.69. The van der Waals surface area contributed by atoms with Gasteiger partial charge in [0.25, 0.3) is 5.91 Å². The van der Waals surface area contributed by atoms with Gasteiger partial charge in [-0.2, -0.15) is 5.10 Å². The third-order valence-corrected chi connectivity index (χ3v) is 3.62. The van der Waals surface area contributed by atoms with Gasteiger partial charge < -0.3 is 14.8 Å². The second-order valence-electron chi connectivity index (χ2n) is 5.44.